The summed E-state index contributed by atoms with van der Waals surface area (Å²) in [5.74, 6) is 1.37. The van der Waals surface area contributed by atoms with Crippen LogP contribution >= 0.6 is 0 Å². The Hall–Kier alpha value is -2.69. The summed E-state index contributed by atoms with van der Waals surface area (Å²) < 4.78 is 5.05. The molecule has 2 aromatic carbocycles. The van der Waals surface area contributed by atoms with Gasteiger partial charge in [-0.2, -0.15) is 0 Å². The molecule has 0 heterocycles. The topological polar surface area (TPSA) is 65.9 Å². The molecule has 0 bridgehead atoms. The van der Waals surface area contributed by atoms with Crippen molar-refractivity contribution in [3.8, 4) is 11.5 Å². The Bertz CT molecular complexity index is 657. The van der Waals surface area contributed by atoms with E-state index in [1.54, 1.807) is 12.1 Å². The van der Waals surface area contributed by atoms with E-state index in [0.29, 0.717) is 12.3 Å². The fourth-order valence-electron chi connectivity index (χ4n) is 2.32. The molecule has 2 aromatic rings. The fourth-order valence-corrected chi connectivity index (χ4v) is 2.32. The standard InChI is InChI=1S/C19H25N3O2/c1-3-20-19(21-12-11-15-7-5-4-6-8-15)22-14-16-9-10-18(24-2)17(23)13-16/h4-10,13,23H,3,11-12,14H2,1-2H3,(H2,20,21,22). The molecule has 0 fully saturated rings. The van der Waals surface area contributed by atoms with Gasteiger partial charge in [0.2, 0.25) is 0 Å². The van der Waals surface area contributed by atoms with Crippen LogP contribution in [0, 0.1) is 0 Å². The van der Waals surface area contributed by atoms with Crippen LogP contribution in [0.1, 0.15) is 18.1 Å². The van der Waals surface area contributed by atoms with Crippen molar-refractivity contribution in [3.05, 3.63) is 59.7 Å². The predicted octanol–water partition coefficient (Wildman–Crippen LogP) is 2.70. The largest absolute Gasteiger partial charge is 0.504 e. The number of aromatic hydroxyl groups is 1. The summed E-state index contributed by atoms with van der Waals surface area (Å²) in [4.78, 5) is 4.55. The average molecular weight is 327 g/mol. The maximum Gasteiger partial charge on any atom is 0.191 e. The zero-order chi connectivity index (χ0) is 17.2. The van der Waals surface area contributed by atoms with Gasteiger partial charge in [-0.05, 0) is 36.6 Å². The Morgan fingerprint density at radius 3 is 2.54 bits per heavy atom. The first-order valence-corrected chi connectivity index (χ1v) is 8.15. The molecule has 24 heavy (non-hydrogen) atoms. The van der Waals surface area contributed by atoms with Crippen LogP contribution in [0.25, 0.3) is 0 Å². The number of aliphatic imine (C=N–C) groups is 1. The summed E-state index contributed by atoms with van der Waals surface area (Å²) in [6, 6.07) is 15.7. The van der Waals surface area contributed by atoms with E-state index in [2.05, 4.69) is 27.8 Å². The maximum atomic E-state index is 9.82. The van der Waals surface area contributed by atoms with Crippen LogP contribution in [0.4, 0.5) is 0 Å². The van der Waals surface area contributed by atoms with E-state index in [1.807, 2.05) is 31.2 Å². The number of ether oxygens (including phenoxy) is 1. The first kappa shape index (κ1) is 17.7. The number of guanidine groups is 1. The Morgan fingerprint density at radius 1 is 1.08 bits per heavy atom. The SMILES string of the molecule is CCNC(=NCc1ccc(OC)c(O)c1)NCCc1ccccc1. The zero-order valence-electron chi connectivity index (χ0n) is 14.2. The van der Waals surface area contributed by atoms with Gasteiger partial charge in [-0.15, -0.1) is 0 Å². The van der Waals surface area contributed by atoms with Gasteiger partial charge in [-0.25, -0.2) is 4.99 Å². The van der Waals surface area contributed by atoms with Crippen molar-refractivity contribution >= 4 is 5.96 Å². The number of phenolic OH excluding ortho intramolecular Hbond substituents is 1. The van der Waals surface area contributed by atoms with Crippen molar-refractivity contribution < 1.29 is 9.84 Å². The Morgan fingerprint density at radius 2 is 1.88 bits per heavy atom. The lowest BCUT2D eigenvalue weighted by Crippen LogP contribution is -2.38. The van der Waals surface area contributed by atoms with Gasteiger partial charge < -0.3 is 20.5 Å². The first-order valence-electron chi connectivity index (χ1n) is 8.15. The number of nitrogens with zero attached hydrogens (tertiary/aromatic N) is 1. The van der Waals surface area contributed by atoms with Gasteiger partial charge in [-0.3, -0.25) is 0 Å². The van der Waals surface area contributed by atoms with Crippen molar-refractivity contribution in [1.29, 1.82) is 0 Å². The minimum atomic E-state index is 0.132. The van der Waals surface area contributed by atoms with Gasteiger partial charge in [0.05, 0.1) is 13.7 Å². The van der Waals surface area contributed by atoms with Crippen LogP contribution in [0.2, 0.25) is 0 Å². The Labute approximate surface area is 143 Å². The molecule has 2 rings (SSSR count). The van der Waals surface area contributed by atoms with Gasteiger partial charge in [0.25, 0.3) is 0 Å². The van der Waals surface area contributed by atoms with Crippen LogP contribution in [0.3, 0.4) is 0 Å². The molecular weight excluding hydrogens is 302 g/mol. The number of rotatable bonds is 7. The molecule has 0 aliphatic heterocycles. The summed E-state index contributed by atoms with van der Waals surface area (Å²) in [7, 11) is 1.53. The molecule has 5 heteroatoms. The van der Waals surface area contributed by atoms with Crippen molar-refractivity contribution in [2.75, 3.05) is 20.2 Å². The van der Waals surface area contributed by atoms with Gasteiger partial charge in [0.1, 0.15) is 0 Å². The van der Waals surface area contributed by atoms with Gasteiger partial charge >= 0.3 is 0 Å². The average Bonchev–Trinajstić information content (AvgIpc) is 2.60. The molecule has 0 spiro atoms. The number of hydrogen-bond acceptors (Lipinski definition) is 3. The van der Waals surface area contributed by atoms with Gasteiger partial charge in [0, 0.05) is 13.1 Å². The van der Waals surface area contributed by atoms with Crippen LogP contribution < -0.4 is 15.4 Å². The van der Waals surface area contributed by atoms with E-state index in [1.165, 1.54) is 12.7 Å². The van der Waals surface area contributed by atoms with E-state index in [0.717, 1.165) is 31.0 Å². The molecule has 0 aliphatic rings. The maximum absolute atomic E-state index is 9.82. The minimum absolute atomic E-state index is 0.132. The van der Waals surface area contributed by atoms with E-state index < -0.39 is 0 Å². The first-order chi connectivity index (χ1) is 11.7. The third kappa shape index (κ3) is 5.50. The smallest absolute Gasteiger partial charge is 0.191 e. The second-order valence-corrected chi connectivity index (χ2v) is 5.36. The number of phenols is 1. The van der Waals surface area contributed by atoms with E-state index >= 15 is 0 Å². The summed E-state index contributed by atoms with van der Waals surface area (Å²) in [5, 5.41) is 16.4. The normalized spacial score (nSPS) is 11.2. The van der Waals surface area contributed by atoms with E-state index in [4.69, 9.17) is 4.74 Å². The summed E-state index contributed by atoms with van der Waals surface area (Å²) >= 11 is 0. The molecular formula is C19H25N3O2. The molecule has 0 radical (unpaired) electrons. The van der Waals surface area contributed by atoms with Crippen LogP contribution in [-0.4, -0.2) is 31.3 Å². The summed E-state index contributed by atoms with van der Waals surface area (Å²) in [6.07, 6.45) is 0.939. The highest BCUT2D eigenvalue weighted by Crippen LogP contribution is 2.26. The van der Waals surface area contributed by atoms with Crippen molar-refractivity contribution in [3.63, 3.8) is 0 Å². The molecule has 0 saturated heterocycles. The molecule has 0 aromatic heterocycles. The van der Waals surface area contributed by atoms with E-state index in [-0.39, 0.29) is 5.75 Å². The lowest BCUT2D eigenvalue weighted by molar-refractivity contribution is 0.373. The van der Waals surface area contributed by atoms with Crippen LogP contribution in [0.5, 0.6) is 11.5 Å². The number of benzene rings is 2. The molecule has 3 N–H and O–H groups in total. The number of hydrogen-bond donors (Lipinski definition) is 3. The molecule has 0 atom stereocenters. The third-order valence-corrected chi connectivity index (χ3v) is 3.56. The highest BCUT2D eigenvalue weighted by molar-refractivity contribution is 5.79. The Kier molecular flexibility index (Phi) is 6.95. The lowest BCUT2D eigenvalue weighted by Gasteiger charge is -2.11. The van der Waals surface area contributed by atoms with Crippen LogP contribution in [0.15, 0.2) is 53.5 Å². The highest BCUT2D eigenvalue weighted by Gasteiger charge is 2.03. The quantitative estimate of drug-likeness (QED) is 0.540. The van der Waals surface area contributed by atoms with E-state index in [9.17, 15) is 5.11 Å². The second-order valence-electron chi connectivity index (χ2n) is 5.36. The molecule has 0 saturated carbocycles. The molecule has 0 unspecified atom stereocenters. The molecule has 5 nitrogen and oxygen atoms in total. The van der Waals surface area contributed by atoms with Crippen molar-refractivity contribution in [2.45, 2.75) is 19.9 Å². The number of nitrogens with one attached hydrogen (secondary N) is 2. The monoisotopic (exact) mass is 327 g/mol. The third-order valence-electron chi connectivity index (χ3n) is 3.56. The summed E-state index contributed by atoms with van der Waals surface area (Å²) in [6.45, 7) is 4.13. The Balaban J connectivity index is 1.91. The summed E-state index contributed by atoms with van der Waals surface area (Å²) in [5.41, 5.74) is 2.22. The molecule has 0 aliphatic carbocycles. The van der Waals surface area contributed by atoms with Gasteiger partial charge in [-0.1, -0.05) is 36.4 Å². The second kappa shape index (κ2) is 9.45. The lowest BCUT2D eigenvalue weighted by atomic mass is 10.1. The van der Waals surface area contributed by atoms with Crippen molar-refractivity contribution in [2.24, 2.45) is 4.99 Å². The molecule has 0 amide bonds. The van der Waals surface area contributed by atoms with Crippen LogP contribution in [-0.2, 0) is 13.0 Å². The predicted molar refractivity (Wildman–Crippen MR) is 97.6 cm³/mol. The highest BCUT2D eigenvalue weighted by atomic mass is 16.5. The van der Waals surface area contributed by atoms with Gasteiger partial charge in [0.15, 0.2) is 17.5 Å². The number of methoxy groups -OCH3 is 1. The van der Waals surface area contributed by atoms with Crippen molar-refractivity contribution in [1.82, 2.24) is 10.6 Å². The zero-order valence-corrected chi connectivity index (χ0v) is 14.2. The minimum Gasteiger partial charge on any atom is -0.504 e. The molecule has 128 valence electrons. The fraction of sp³-hybridized carbons (Fsp3) is 0.316.